The predicted octanol–water partition coefficient (Wildman–Crippen LogP) is 3.19. The van der Waals surface area contributed by atoms with Crippen molar-refractivity contribution >= 4 is 17.2 Å². The minimum Gasteiger partial charge on any atom is -0.461 e. The third-order valence-electron chi connectivity index (χ3n) is 4.89. The van der Waals surface area contributed by atoms with E-state index in [0.717, 1.165) is 23.4 Å². The van der Waals surface area contributed by atoms with Gasteiger partial charge < -0.3 is 9.73 Å². The first-order valence-electron chi connectivity index (χ1n) is 9.73. The molecule has 0 atom stereocenters. The average Bonchev–Trinajstić information content (AvgIpc) is 3.18. The molecular formula is C21H19N5O3S. The van der Waals surface area contributed by atoms with Crippen molar-refractivity contribution in [2.45, 2.75) is 25.4 Å². The van der Waals surface area contributed by atoms with Crippen LogP contribution in [0.3, 0.4) is 0 Å². The molecule has 5 rings (SSSR count). The fraction of sp³-hybridized carbons (Fsp3) is 0.238. The molecule has 0 spiro atoms. The second kappa shape index (κ2) is 7.75. The van der Waals surface area contributed by atoms with Gasteiger partial charge >= 0.3 is 5.69 Å². The van der Waals surface area contributed by atoms with Gasteiger partial charge in [-0.15, -0.1) is 16.4 Å². The minimum absolute atomic E-state index is 0.173. The van der Waals surface area contributed by atoms with Crippen molar-refractivity contribution in [3.63, 3.8) is 0 Å². The molecule has 0 radical (unpaired) electrons. The largest absolute Gasteiger partial charge is 0.461 e. The number of hydrogen-bond donors (Lipinski definition) is 1. The molecular weight excluding hydrogens is 402 g/mol. The molecule has 1 fully saturated rings. The molecule has 4 aromatic rings. The van der Waals surface area contributed by atoms with Crippen molar-refractivity contribution in [3.05, 3.63) is 70.3 Å². The van der Waals surface area contributed by atoms with Crippen LogP contribution in [0.5, 0.6) is 0 Å². The quantitative estimate of drug-likeness (QED) is 0.494. The minimum atomic E-state index is -0.269. The van der Waals surface area contributed by atoms with Crippen LogP contribution >= 0.6 is 11.3 Å². The number of furan rings is 1. The van der Waals surface area contributed by atoms with Crippen LogP contribution in [-0.4, -0.2) is 31.8 Å². The summed E-state index contributed by atoms with van der Waals surface area (Å²) >= 11 is 1.42. The highest BCUT2D eigenvalue weighted by atomic mass is 32.1. The molecule has 1 amide bonds. The van der Waals surface area contributed by atoms with E-state index in [1.54, 1.807) is 28.3 Å². The normalized spacial score (nSPS) is 13.5. The summed E-state index contributed by atoms with van der Waals surface area (Å²) in [4.78, 5) is 29.6. The third kappa shape index (κ3) is 3.59. The summed E-state index contributed by atoms with van der Waals surface area (Å²) in [5.41, 5.74) is 1.16. The third-order valence-corrected chi connectivity index (χ3v) is 5.78. The zero-order chi connectivity index (χ0) is 20.5. The van der Waals surface area contributed by atoms with E-state index in [1.807, 2.05) is 30.3 Å². The molecule has 0 unspecified atom stereocenters. The monoisotopic (exact) mass is 421 g/mol. The summed E-state index contributed by atoms with van der Waals surface area (Å²) in [6, 6.07) is 13.5. The number of nitrogens with one attached hydrogen (secondary N) is 1. The van der Waals surface area contributed by atoms with Gasteiger partial charge in [0.15, 0.2) is 5.76 Å². The van der Waals surface area contributed by atoms with Gasteiger partial charge in [-0.1, -0.05) is 30.3 Å². The molecule has 9 heteroatoms. The van der Waals surface area contributed by atoms with Gasteiger partial charge in [0.2, 0.25) is 5.82 Å². The molecule has 1 aliphatic carbocycles. The molecule has 152 valence electrons. The van der Waals surface area contributed by atoms with Crippen molar-refractivity contribution in [2.75, 3.05) is 6.54 Å². The highest BCUT2D eigenvalue weighted by molar-refractivity contribution is 7.13. The van der Waals surface area contributed by atoms with Crippen LogP contribution in [0.15, 0.2) is 63.3 Å². The maximum atomic E-state index is 12.8. The van der Waals surface area contributed by atoms with Crippen LogP contribution in [0.2, 0.25) is 0 Å². The predicted molar refractivity (Wildman–Crippen MR) is 112 cm³/mol. The van der Waals surface area contributed by atoms with E-state index < -0.39 is 0 Å². The van der Waals surface area contributed by atoms with E-state index in [0.29, 0.717) is 17.3 Å². The number of aromatic nitrogens is 4. The smallest absolute Gasteiger partial charge is 0.346 e. The topological polar surface area (TPSA) is 95.0 Å². The van der Waals surface area contributed by atoms with Crippen molar-refractivity contribution < 1.29 is 9.21 Å². The molecule has 8 nitrogen and oxygen atoms in total. The molecule has 0 saturated heterocycles. The molecule has 1 N–H and O–H groups in total. The Morgan fingerprint density at radius 3 is 2.77 bits per heavy atom. The molecule has 1 saturated carbocycles. The Kier molecular flexibility index (Phi) is 4.80. The highest BCUT2D eigenvalue weighted by Gasteiger charge is 2.31. The maximum absolute atomic E-state index is 12.8. The van der Waals surface area contributed by atoms with Gasteiger partial charge in [0.1, 0.15) is 10.7 Å². The summed E-state index contributed by atoms with van der Waals surface area (Å²) in [6.45, 7) is 0.546. The molecule has 3 aromatic heterocycles. The van der Waals surface area contributed by atoms with Gasteiger partial charge in [-0.25, -0.2) is 14.5 Å². The summed E-state index contributed by atoms with van der Waals surface area (Å²) in [7, 11) is 0. The number of rotatable bonds is 7. The Morgan fingerprint density at radius 1 is 1.20 bits per heavy atom. The lowest BCUT2D eigenvalue weighted by molar-refractivity contribution is 0.0947. The second-order valence-corrected chi connectivity index (χ2v) is 7.93. The number of carbonyl (C=O) groups excluding carboxylic acids is 1. The number of hydrogen-bond acceptors (Lipinski definition) is 6. The Hall–Kier alpha value is -3.46. The second-order valence-electron chi connectivity index (χ2n) is 7.07. The molecule has 30 heavy (non-hydrogen) atoms. The van der Waals surface area contributed by atoms with E-state index >= 15 is 0 Å². The van der Waals surface area contributed by atoms with E-state index in [2.05, 4.69) is 15.4 Å². The van der Waals surface area contributed by atoms with E-state index in [9.17, 15) is 9.59 Å². The van der Waals surface area contributed by atoms with Crippen molar-refractivity contribution in [2.24, 2.45) is 0 Å². The molecule has 1 aliphatic rings. The van der Waals surface area contributed by atoms with Gasteiger partial charge in [0.25, 0.3) is 5.91 Å². The van der Waals surface area contributed by atoms with Crippen LogP contribution in [0.1, 0.15) is 29.4 Å². The lowest BCUT2D eigenvalue weighted by atomic mass is 10.2. The van der Waals surface area contributed by atoms with E-state index in [1.165, 1.54) is 16.0 Å². The van der Waals surface area contributed by atoms with Gasteiger partial charge in [-0.05, 0) is 25.0 Å². The zero-order valence-corrected chi connectivity index (χ0v) is 16.8. The highest BCUT2D eigenvalue weighted by Crippen LogP contribution is 2.36. The average molecular weight is 421 g/mol. The molecule has 0 bridgehead atoms. The first-order valence-corrected chi connectivity index (χ1v) is 10.6. The van der Waals surface area contributed by atoms with E-state index in [4.69, 9.17) is 4.42 Å². The molecule has 1 aromatic carbocycles. The Bertz CT molecular complexity index is 1220. The van der Waals surface area contributed by atoms with Gasteiger partial charge in [0, 0.05) is 23.5 Å². The van der Waals surface area contributed by atoms with Crippen LogP contribution in [0, 0.1) is 0 Å². The molecule has 0 aliphatic heterocycles. The summed E-state index contributed by atoms with van der Waals surface area (Å²) < 4.78 is 8.50. The van der Waals surface area contributed by atoms with Crippen LogP contribution in [0.25, 0.3) is 22.2 Å². The van der Waals surface area contributed by atoms with Gasteiger partial charge in [-0.3, -0.25) is 9.36 Å². The van der Waals surface area contributed by atoms with Crippen molar-refractivity contribution in [3.8, 4) is 22.2 Å². The van der Waals surface area contributed by atoms with Crippen LogP contribution in [-0.2, 0) is 6.54 Å². The molecule has 3 heterocycles. The fourth-order valence-electron chi connectivity index (χ4n) is 3.26. The number of amides is 1. The van der Waals surface area contributed by atoms with E-state index in [-0.39, 0.29) is 30.7 Å². The Morgan fingerprint density at radius 2 is 2.03 bits per heavy atom. The fourth-order valence-corrected chi connectivity index (χ4v) is 4.06. The van der Waals surface area contributed by atoms with Crippen molar-refractivity contribution in [1.82, 2.24) is 24.6 Å². The first-order chi connectivity index (χ1) is 14.7. The zero-order valence-electron chi connectivity index (χ0n) is 16.0. The maximum Gasteiger partial charge on any atom is 0.346 e. The number of carbonyl (C=O) groups is 1. The summed E-state index contributed by atoms with van der Waals surface area (Å²) in [5.74, 6) is 0.831. The van der Waals surface area contributed by atoms with Crippen molar-refractivity contribution in [1.29, 1.82) is 0 Å². The number of thiazole rings is 1. The number of nitrogens with zero attached hydrogens (tertiary/aromatic N) is 4. The lowest BCUT2D eigenvalue weighted by Gasteiger charge is -2.02. The van der Waals surface area contributed by atoms with Gasteiger partial charge in [0.05, 0.1) is 12.8 Å². The summed E-state index contributed by atoms with van der Waals surface area (Å²) in [6.07, 6.45) is 3.49. The number of benzene rings is 1. The first kappa shape index (κ1) is 18.6. The Balaban J connectivity index is 1.26. The van der Waals surface area contributed by atoms with Gasteiger partial charge in [-0.2, -0.15) is 0 Å². The lowest BCUT2D eigenvalue weighted by Crippen LogP contribution is -2.32. The standard InChI is InChI=1S/C21H19N5O3S/c27-19(16-13-30-20(23-16)14-5-2-1-3-6-14)22-10-11-25-21(28)26(15-8-9-15)18(24-25)17-7-4-12-29-17/h1-7,12-13,15H,8-11H2,(H,22,27). The SMILES string of the molecule is O=C(NCCn1nc(-c2ccco2)n(C2CC2)c1=O)c1csc(-c2ccccc2)n1. The summed E-state index contributed by atoms with van der Waals surface area (Å²) in [5, 5.41) is 9.79. The van der Waals surface area contributed by atoms with Crippen LogP contribution in [0.4, 0.5) is 0 Å². The Labute approximate surface area is 175 Å². The van der Waals surface area contributed by atoms with Crippen LogP contribution < -0.4 is 11.0 Å².